The van der Waals surface area contributed by atoms with Crippen molar-refractivity contribution in [2.24, 2.45) is 0 Å². The molecular formula is C16H14BrClFNO. The molecule has 3 rings (SSSR count). The van der Waals surface area contributed by atoms with Gasteiger partial charge in [0.15, 0.2) is 0 Å². The lowest BCUT2D eigenvalue weighted by Gasteiger charge is -2.32. The van der Waals surface area contributed by atoms with Gasteiger partial charge < -0.3 is 10.1 Å². The van der Waals surface area contributed by atoms with Gasteiger partial charge in [-0.1, -0.05) is 27.5 Å². The van der Waals surface area contributed by atoms with Crippen LogP contribution >= 0.6 is 27.5 Å². The van der Waals surface area contributed by atoms with E-state index in [1.807, 2.05) is 25.2 Å². The van der Waals surface area contributed by atoms with E-state index in [4.69, 9.17) is 16.3 Å². The number of hydrogen-bond donors (Lipinski definition) is 1. The number of hydrogen-bond acceptors (Lipinski definition) is 2. The first-order valence-electron chi connectivity index (χ1n) is 6.67. The molecule has 110 valence electrons. The molecule has 2 unspecified atom stereocenters. The average Bonchev–Trinajstić information content (AvgIpc) is 2.48. The Morgan fingerprint density at radius 3 is 2.81 bits per heavy atom. The molecule has 2 aromatic rings. The van der Waals surface area contributed by atoms with E-state index in [0.29, 0.717) is 17.0 Å². The highest BCUT2D eigenvalue weighted by Crippen LogP contribution is 2.42. The molecule has 0 saturated heterocycles. The van der Waals surface area contributed by atoms with Crippen molar-refractivity contribution in [2.45, 2.75) is 18.6 Å². The van der Waals surface area contributed by atoms with Gasteiger partial charge in [0.05, 0.1) is 0 Å². The Hall–Kier alpha value is -1.10. The van der Waals surface area contributed by atoms with Gasteiger partial charge in [-0.25, -0.2) is 4.39 Å². The zero-order valence-electron chi connectivity index (χ0n) is 11.4. The standard InChI is InChI=1S/C16H14BrClFNO/c1-20-14-8-16(11-7-10(18)3-4-13(11)19)21-15-5-2-9(17)6-12(14)15/h2-7,14,16,20H,8H2,1H3. The highest BCUT2D eigenvalue weighted by atomic mass is 79.9. The van der Waals surface area contributed by atoms with Crippen LogP contribution in [0.25, 0.3) is 0 Å². The van der Waals surface area contributed by atoms with Crippen LogP contribution in [0.2, 0.25) is 5.02 Å². The van der Waals surface area contributed by atoms with E-state index in [9.17, 15) is 4.39 Å². The maximum absolute atomic E-state index is 14.1. The summed E-state index contributed by atoms with van der Waals surface area (Å²) in [6, 6.07) is 10.5. The third-order valence-electron chi connectivity index (χ3n) is 3.72. The maximum Gasteiger partial charge on any atom is 0.130 e. The maximum atomic E-state index is 14.1. The van der Waals surface area contributed by atoms with Gasteiger partial charge in [0.25, 0.3) is 0 Å². The summed E-state index contributed by atoms with van der Waals surface area (Å²) in [4.78, 5) is 0. The Labute approximate surface area is 136 Å². The summed E-state index contributed by atoms with van der Waals surface area (Å²) >= 11 is 9.45. The summed E-state index contributed by atoms with van der Waals surface area (Å²) in [5.41, 5.74) is 1.57. The van der Waals surface area contributed by atoms with Crippen LogP contribution in [0.3, 0.4) is 0 Å². The number of nitrogens with one attached hydrogen (secondary N) is 1. The van der Waals surface area contributed by atoms with Crippen molar-refractivity contribution in [3.63, 3.8) is 0 Å². The average molecular weight is 371 g/mol. The Morgan fingerprint density at radius 1 is 1.24 bits per heavy atom. The van der Waals surface area contributed by atoms with Gasteiger partial charge in [-0.05, 0) is 43.4 Å². The molecule has 0 fully saturated rings. The quantitative estimate of drug-likeness (QED) is 0.801. The fourth-order valence-corrected chi connectivity index (χ4v) is 3.23. The third-order valence-corrected chi connectivity index (χ3v) is 4.45. The van der Waals surface area contributed by atoms with E-state index < -0.39 is 0 Å². The van der Waals surface area contributed by atoms with E-state index in [2.05, 4.69) is 21.2 Å². The number of benzene rings is 2. The van der Waals surface area contributed by atoms with E-state index in [1.54, 1.807) is 12.1 Å². The molecule has 5 heteroatoms. The predicted molar refractivity (Wildman–Crippen MR) is 85.3 cm³/mol. The molecule has 0 amide bonds. The van der Waals surface area contributed by atoms with Gasteiger partial charge in [0, 0.05) is 33.1 Å². The van der Waals surface area contributed by atoms with Crippen molar-refractivity contribution in [2.75, 3.05) is 7.05 Å². The molecule has 0 aliphatic carbocycles. The number of fused-ring (bicyclic) bond motifs is 1. The van der Waals surface area contributed by atoms with Crippen molar-refractivity contribution in [3.8, 4) is 5.75 Å². The van der Waals surface area contributed by atoms with Crippen LogP contribution in [0.5, 0.6) is 5.75 Å². The minimum absolute atomic E-state index is 0.106. The van der Waals surface area contributed by atoms with Gasteiger partial charge in [-0.15, -0.1) is 0 Å². The molecule has 1 aliphatic heterocycles. The predicted octanol–water partition coefficient (Wildman–Crippen LogP) is 5.03. The molecular weight excluding hydrogens is 357 g/mol. The summed E-state index contributed by atoms with van der Waals surface area (Å²) < 4.78 is 21.0. The first-order chi connectivity index (χ1) is 10.1. The normalized spacial score (nSPS) is 20.8. The monoisotopic (exact) mass is 369 g/mol. The molecule has 0 saturated carbocycles. The van der Waals surface area contributed by atoms with Crippen molar-refractivity contribution in [3.05, 3.63) is 62.8 Å². The third kappa shape index (κ3) is 2.93. The number of ether oxygens (including phenoxy) is 1. The zero-order chi connectivity index (χ0) is 15.0. The molecule has 1 aliphatic rings. The SMILES string of the molecule is CNC1CC(c2cc(Cl)ccc2F)Oc2ccc(Br)cc21. The van der Waals surface area contributed by atoms with Crippen LogP contribution in [0, 0.1) is 5.82 Å². The van der Waals surface area contributed by atoms with Gasteiger partial charge in [0.1, 0.15) is 17.7 Å². The number of halogens is 3. The van der Waals surface area contributed by atoms with Gasteiger partial charge >= 0.3 is 0 Å². The molecule has 21 heavy (non-hydrogen) atoms. The van der Waals surface area contributed by atoms with Crippen LogP contribution in [-0.4, -0.2) is 7.05 Å². The summed E-state index contributed by atoms with van der Waals surface area (Å²) in [6.07, 6.45) is 0.298. The van der Waals surface area contributed by atoms with Crippen LogP contribution in [0.15, 0.2) is 40.9 Å². The number of rotatable bonds is 2. The Bertz CT molecular complexity index is 679. The van der Waals surface area contributed by atoms with Crippen LogP contribution in [0.4, 0.5) is 4.39 Å². The second-order valence-corrected chi connectivity index (χ2v) is 6.38. The van der Waals surface area contributed by atoms with E-state index in [-0.39, 0.29) is 18.0 Å². The summed E-state index contributed by atoms with van der Waals surface area (Å²) in [5, 5.41) is 3.78. The van der Waals surface area contributed by atoms with E-state index >= 15 is 0 Å². The smallest absolute Gasteiger partial charge is 0.130 e. The highest BCUT2D eigenvalue weighted by Gasteiger charge is 2.30. The molecule has 2 aromatic carbocycles. The fraction of sp³-hybridized carbons (Fsp3) is 0.250. The largest absolute Gasteiger partial charge is 0.485 e. The van der Waals surface area contributed by atoms with E-state index in [1.165, 1.54) is 6.07 Å². The Balaban J connectivity index is 2.00. The highest BCUT2D eigenvalue weighted by molar-refractivity contribution is 9.10. The van der Waals surface area contributed by atoms with Crippen molar-refractivity contribution < 1.29 is 9.13 Å². The molecule has 1 N–H and O–H groups in total. The Morgan fingerprint density at radius 2 is 2.05 bits per heavy atom. The first-order valence-corrected chi connectivity index (χ1v) is 7.84. The minimum atomic E-state index is -0.352. The lowest BCUT2D eigenvalue weighted by Crippen LogP contribution is -2.27. The summed E-state index contributed by atoms with van der Waals surface area (Å²) in [7, 11) is 1.89. The molecule has 2 nitrogen and oxygen atoms in total. The van der Waals surface area contributed by atoms with Crippen LogP contribution in [0.1, 0.15) is 29.7 Å². The first kappa shape index (κ1) is 14.8. The topological polar surface area (TPSA) is 21.3 Å². The zero-order valence-corrected chi connectivity index (χ0v) is 13.7. The van der Waals surface area contributed by atoms with Crippen molar-refractivity contribution in [1.82, 2.24) is 5.32 Å². The molecule has 0 spiro atoms. The van der Waals surface area contributed by atoms with Crippen LogP contribution in [-0.2, 0) is 0 Å². The molecule has 0 aromatic heterocycles. The molecule has 0 bridgehead atoms. The van der Waals surface area contributed by atoms with E-state index in [0.717, 1.165) is 15.8 Å². The van der Waals surface area contributed by atoms with Crippen molar-refractivity contribution >= 4 is 27.5 Å². The molecule has 0 radical (unpaired) electrons. The second-order valence-electron chi connectivity index (χ2n) is 5.03. The minimum Gasteiger partial charge on any atom is -0.485 e. The second kappa shape index (κ2) is 5.95. The van der Waals surface area contributed by atoms with Crippen LogP contribution < -0.4 is 10.1 Å². The molecule has 1 heterocycles. The fourth-order valence-electron chi connectivity index (χ4n) is 2.67. The summed E-state index contributed by atoms with van der Waals surface area (Å²) in [5.74, 6) is 0.480. The molecule has 2 atom stereocenters. The lowest BCUT2D eigenvalue weighted by molar-refractivity contribution is 0.150. The summed E-state index contributed by atoms with van der Waals surface area (Å²) in [6.45, 7) is 0. The van der Waals surface area contributed by atoms with Gasteiger partial charge in [-0.2, -0.15) is 0 Å². The van der Waals surface area contributed by atoms with Crippen molar-refractivity contribution in [1.29, 1.82) is 0 Å². The van der Waals surface area contributed by atoms with Gasteiger partial charge in [0.2, 0.25) is 0 Å². The van der Waals surface area contributed by atoms with Gasteiger partial charge in [-0.3, -0.25) is 0 Å². The Kier molecular flexibility index (Phi) is 4.20. The lowest BCUT2D eigenvalue weighted by atomic mass is 9.93.